The molecule has 0 saturated heterocycles. The van der Waals surface area contributed by atoms with Gasteiger partial charge in [0.1, 0.15) is 24.9 Å². The molecule has 15 nitrogen and oxygen atoms in total. The highest BCUT2D eigenvalue weighted by Gasteiger charge is 2.41. The average molecular weight is 842 g/mol. The van der Waals surface area contributed by atoms with Gasteiger partial charge in [-0.1, -0.05) is 51.5 Å². The van der Waals surface area contributed by atoms with Crippen molar-refractivity contribution in [1.29, 1.82) is 0 Å². The summed E-state index contributed by atoms with van der Waals surface area (Å²) >= 11 is 3.24. The fourth-order valence-electron chi connectivity index (χ4n) is 4.85. The first-order chi connectivity index (χ1) is 25.8. The summed E-state index contributed by atoms with van der Waals surface area (Å²) in [7, 11) is 3.65. The standard InChI is InChI=1S/C35H38BrF4N7O8/c1-7-20-16-23(28(37)27(17-20)52-15-14-45(5)6)29(41-22-12-13-24(36)21(18-22)19-53-31(48)35(38,39)40)30-42-32(49)46(43-30)25-10-8-9-11-26(25)47(51)55-44-33(50)54-34(2,3)4/h8-13,16-18,29,41H,7,14-15,19H2,1-6H3,(H-,42,43,44,49,50)/p+1. The van der Waals surface area contributed by atoms with Gasteiger partial charge in [0.15, 0.2) is 23.1 Å². The number of para-hydroxylation sites is 2. The Morgan fingerprint density at radius 3 is 2.45 bits per heavy atom. The maximum atomic E-state index is 16.5. The van der Waals surface area contributed by atoms with Gasteiger partial charge >= 0.3 is 29.6 Å². The number of likely N-dealkylation sites (N-methyl/N-ethyl adjacent to an activating group) is 1. The number of carbonyl (C=O) groups excluding carboxylic acids is 2. The Morgan fingerprint density at radius 2 is 1.80 bits per heavy atom. The van der Waals surface area contributed by atoms with Gasteiger partial charge in [-0.25, -0.2) is 18.8 Å². The Morgan fingerprint density at radius 1 is 1.09 bits per heavy atom. The Kier molecular flexibility index (Phi) is 13.6. The van der Waals surface area contributed by atoms with Gasteiger partial charge in [-0.15, -0.1) is 5.10 Å². The van der Waals surface area contributed by atoms with Gasteiger partial charge in [0.25, 0.3) is 4.92 Å². The molecule has 55 heavy (non-hydrogen) atoms. The number of carbonyl (C=O) groups is 2. The molecule has 0 bridgehead atoms. The first-order valence-corrected chi connectivity index (χ1v) is 17.4. The van der Waals surface area contributed by atoms with Gasteiger partial charge in [0, 0.05) is 33.9 Å². The summed E-state index contributed by atoms with van der Waals surface area (Å²) in [6.07, 6.45) is -5.82. The monoisotopic (exact) mass is 840 g/mol. The van der Waals surface area contributed by atoms with Crippen molar-refractivity contribution in [3.63, 3.8) is 0 Å². The Labute approximate surface area is 320 Å². The van der Waals surface area contributed by atoms with Crippen molar-refractivity contribution >= 4 is 39.4 Å². The van der Waals surface area contributed by atoms with E-state index >= 15 is 4.39 Å². The molecule has 0 aliphatic rings. The van der Waals surface area contributed by atoms with Crippen molar-refractivity contribution in [2.24, 2.45) is 0 Å². The number of anilines is 1. The van der Waals surface area contributed by atoms with E-state index in [0.29, 0.717) is 23.0 Å². The third-order valence-corrected chi connectivity index (χ3v) is 8.19. The molecule has 1 amide bonds. The number of benzene rings is 3. The molecule has 1 atom stereocenters. The van der Waals surface area contributed by atoms with Crippen molar-refractivity contribution in [1.82, 2.24) is 25.1 Å². The van der Waals surface area contributed by atoms with Crippen LogP contribution in [0.4, 0.5) is 33.7 Å². The summed E-state index contributed by atoms with van der Waals surface area (Å²) < 4.78 is 71.5. The lowest BCUT2D eigenvalue weighted by Gasteiger charge is -2.22. The zero-order chi connectivity index (χ0) is 40.7. The molecule has 1 aromatic heterocycles. The van der Waals surface area contributed by atoms with Crippen LogP contribution in [0.3, 0.4) is 0 Å². The fraction of sp³-hybridized carbons (Fsp3) is 0.371. The van der Waals surface area contributed by atoms with Crippen molar-refractivity contribution in [2.45, 2.75) is 58.5 Å². The minimum Gasteiger partial charge on any atom is -0.489 e. The molecule has 1 heterocycles. The van der Waals surface area contributed by atoms with Crippen LogP contribution in [0.1, 0.15) is 56.3 Å². The van der Waals surface area contributed by atoms with Gasteiger partial charge in [-0.2, -0.15) is 17.9 Å². The number of nitrogens with zero attached hydrogens (tertiary/aromatic N) is 4. The molecule has 296 valence electrons. The summed E-state index contributed by atoms with van der Waals surface area (Å²) in [5.74, 6) is -3.43. The zero-order valence-electron chi connectivity index (χ0n) is 30.5. The van der Waals surface area contributed by atoms with Crippen LogP contribution < -0.4 is 21.2 Å². The number of aromatic nitrogens is 3. The molecule has 0 aliphatic carbocycles. The number of esters is 1. The van der Waals surface area contributed by atoms with Crippen molar-refractivity contribution in [3.8, 4) is 11.4 Å². The van der Waals surface area contributed by atoms with E-state index in [0.717, 1.165) is 4.68 Å². The summed E-state index contributed by atoms with van der Waals surface area (Å²) in [5, 5.41) is 7.49. The van der Waals surface area contributed by atoms with Crippen LogP contribution in [0.25, 0.3) is 5.69 Å². The van der Waals surface area contributed by atoms with Crippen LogP contribution in [0.5, 0.6) is 5.75 Å². The Balaban J connectivity index is 1.79. The van der Waals surface area contributed by atoms with Gasteiger partial charge in [0.2, 0.25) is 0 Å². The third-order valence-electron chi connectivity index (χ3n) is 7.42. The van der Waals surface area contributed by atoms with E-state index in [4.69, 9.17) is 14.4 Å². The number of hydrogen-bond donors (Lipinski definition) is 3. The Hall–Kier alpha value is -5.50. The van der Waals surface area contributed by atoms with Crippen LogP contribution in [0.2, 0.25) is 0 Å². The smallest absolute Gasteiger partial charge is 0.489 e. The number of aryl methyl sites for hydroxylation is 1. The van der Waals surface area contributed by atoms with E-state index in [2.05, 4.69) is 36.1 Å². The summed E-state index contributed by atoms with van der Waals surface area (Å²) in [6, 6.07) is 11.7. The minimum absolute atomic E-state index is 0.0308. The molecular formula is C35H39BrF4N7O8+. The molecule has 1 unspecified atom stereocenters. The number of alkyl halides is 3. The highest BCUT2D eigenvalue weighted by atomic mass is 79.9. The zero-order valence-corrected chi connectivity index (χ0v) is 32.1. The maximum absolute atomic E-state index is 16.5. The highest BCUT2D eigenvalue weighted by Crippen LogP contribution is 2.34. The topological polar surface area (TPSA) is 169 Å². The van der Waals surface area contributed by atoms with Gasteiger partial charge in [-0.3, -0.25) is 4.98 Å². The summed E-state index contributed by atoms with van der Waals surface area (Å²) in [5.41, 5.74) is 0.667. The van der Waals surface area contributed by atoms with Crippen LogP contribution in [-0.4, -0.2) is 75.7 Å². The molecule has 4 rings (SSSR count). The van der Waals surface area contributed by atoms with E-state index in [-0.39, 0.29) is 51.3 Å². The van der Waals surface area contributed by atoms with E-state index in [9.17, 15) is 32.5 Å². The number of hydrogen-bond acceptors (Lipinski definition) is 11. The molecular weight excluding hydrogens is 802 g/mol. The molecule has 0 aliphatic heterocycles. The predicted molar refractivity (Wildman–Crippen MR) is 193 cm³/mol. The van der Waals surface area contributed by atoms with Crippen LogP contribution in [-0.2, 0) is 32.2 Å². The largest absolute Gasteiger partial charge is 0.490 e. The fourth-order valence-corrected chi connectivity index (χ4v) is 5.22. The lowest BCUT2D eigenvalue weighted by molar-refractivity contribution is -0.760. The van der Waals surface area contributed by atoms with Crippen molar-refractivity contribution in [3.05, 3.63) is 103 Å². The maximum Gasteiger partial charge on any atom is 0.490 e. The highest BCUT2D eigenvalue weighted by molar-refractivity contribution is 9.10. The Bertz CT molecular complexity index is 2080. The van der Waals surface area contributed by atoms with Gasteiger partial charge < -0.3 is 24.4 Å². The number of rotatable bonds is 15. The second-order valence-electron chi connectivity index (χ2n) is 13.1. The SMILES string of the molecule is CCc1cc(OCCN(C)C)c(F)c(C(Nc2ccc(Br)c(COC(=O)C(F)(F)F)c2)c2nn(-c3ccccc3[N+](=O)ONC(=O)OC(C)(C)C)c(=O)[nH]2)c1. The number of nitrogens with one attached hydrogen (secondary N) is 3. The average Bonchev–Trinajstić information content (AvgIpc) is 3.49. The minimum atomic E-state index is -5.21. The van der Waals surface area contributed by atoms with Crippen molar-refractivity contribution in [2.75, 3.05) is 32.6 Å². The first-order valence-electron chi connectivity index (χ1n) is 16.6. The van der Waals surface area contributed by atoms with Crippen LogP contribution >= 0.6 is 15.9 Å². The van der Waals surface area contributed by atoms with Crippen molar-refractivity contribution < 1.29 is 51.2 Å². The molecule has 0 radical (unpaired) electrons. The number of aromatic amines is 1. The van der Waals surface area contributed by atoms with Crippen LogP contribution in [0, 0.1) is 10.7 Å². The lowest BCUT2D eigenvalue weighted by atomic mass is 10.00. The van der Waals surface area contributed by atoms with E-state index in [1.165, 1.54) is 48.5 Å². The number of ether oxygens (including phenoxy) is 3. The number of halogens is 5. The number of hydroxylamine groups is 1. The predicted octanol–water partition coefficient (Wildman–Crippen LogP) is 6.55. The number of H-pyrrole nitrogens is 1. The van der Waals surface area contributed by atoms with E-state index in [1.54, 1.807) is 26.8 Å². The second-order valence-corrected chi connectivity index (χ2v) is 14.0. The molecule has 0 spiro atoms. The lowest BCUT2D eigenvalue weighted by Crippen LogP contribution is -2.34. The van der Waals surface area contributed by atoms with E-state index in [1.807, 2.05) is 31.4 Å². The normalized spacial score (nSPS) is 12.2. The summed E-state index contributed by atoms with van der Waals surface area (Å²) in [6.45, 7) is 6.51. The molecule has 0 saturated carbocycles. The third kappa shape index (κ3) is 11.5. The molecule has 0 fully saturated rings. The quantitative estimate of drug-likeness (QED) is 0.0674. The van der Waals surface area contributed by atoms with Gasteiger partial charge in [-0.05, 0) is 77.2 Å². The number of amides is 1. The second kappa shape index (κ2) is 17.8. The van der Waals surface area contributed by atoms with E-state index < -0.39 is 48.0 Å². The first kappa shape index (κ1) is 42.2. The molecule has 4 aromatic rings. The van der Waals surface area contributed by atoms with Crippen LogP contribution in [0.15, 0.2) is 63.9 Å². The molecule has 3 aromatic carbocycles. The summed E-state index contributed by atoms with van der Waals surface area (Å²) in [4.78, 5) is 59.3. The molecule has 3 N–H and O–H groups in total. The van der Waals surface area contributed by atoms with Gasteiger partial charge in [0.05, 0.1) is 4.91 Å². The molecule has 20 heteroatoms.